The Morgan fingerprint density at radius 3 is 2.41 bits per heavy atom. The molecule has 44 heavy (non-hydrogen) atoms. The molecule has 0 saturated carbocycles. The highest BCUT2D eigenvalue weighted by Crippen LogP contribution is 2.34. The van der Waals surface area contributed by atoms with E-state index >= 15 is 0 Å². The van der Waals surface area contributed by atoms with Crippen molar-refractivity contribution in [3.63, 3.8) is 0 Å². The number of carboxylic acid groups (broad SMARTS) is 2. The lowest BCUT2D eigenvalue weighted by molar-refractivity contribution is -0.134. The fourth-order valence-electron chi connectivity index (χ4n) is 5.19. The number of fused-ring (bicyclic) bond motifs is 1. The van der Waals surface area contributed by atoms with Gasteiger partial charge in [-0.1, -0.05) is 45.2 Å². The summed E-state index contributed by atoms with van der Waals surface area (Å²) >= 11 is 5.65. The Balaban J connectivity index is 0.000000583. The monoisotopic (exact) mass is 622 g/mol. The topological polar surface area (TPSA) is 127 Å². The molecule has 3 aromatic rings. The highest BCUT2D eigenvalue weighted by Gasteiger charge is 2.22. The summed E-state index contributed by atoms with van der Waals surface area (Å²) in [5.41, 5.74) is 4.49. The molecule has 9 nitrogen and oxygen atoms in total. The summed E-state index contributed by atoms with van der Waals surface area (Å²) in [7, 11) is 0. The minimum atomic E-state index is -1.26. The van der Waals surface area contributed by atoms with Crippen molar-refractivity contribution in [1.29, 1.82) is 0 Å². The second-order valence-electron chi connectivity index (χ2n) is 11.1. The van der Waals surface area contributed by atoms with Crippen molar-refractivity contribution in [3.05, 3.63) is 66.4 Å². The molecule has 2 aromatic carbocycles. The molecule has 1 aliphatic rings. The molecule has 5 N–H and O–H groups in total. The van der Waals surface area contributed by atoms with Gasteiger partial charge in [-0.05, 0) is 106 Å². The summed E-state index contributed by atoms with van der Waals surface area (Å²) in [6.45, 7) is 10.1. The zero-order valence-corrected chi connectivity index (χ0v) is 26.8. The summed E-state index contributed by atoms with van der Waals surface area (Å²) in [6, 6.07) is 14.4. The van der Waals surface area contributed by atoms with Crippen LogP contribution in [-0.2, 0) is 9.59 Å². The van der Waals surface area contributed by atoms with E-state index in [1.165, 1.54) is 74.6 Å². The number of thiocarbonyl (C=S) groups is 1. The van der Waals surface area contributed by atoms with Crippen LogP contribution >= 0.6 is 12.2 Å². The number of benzene rings is 2. The van der Waals surface area contributed by atoms with E-state index < -0.39 is 11.9 Å². The molecule has 0 spiro atoms. The number of aromatic nitrogens is 1. The van der Waals surface area contributed by atoms with Gasteiger partial charge in [-0.15, -0.1) is 0 Å². The Morgan fingerprint density at radius 2 is 1.75 bits per heavy atom. The second kappa shape index (κ2) is 18.0. The standard InChI is InChI=1S/C30H42N4OS.C4H4O4/c1-4-6-7-10-17-34-18-15-23(16-19-34)26-21-31-27-14-13-24(20-25(26)27)32-30(36)33-28-11-8-9-12-29(28)35-22(3)5-2;5-3(6)1-2-4(7)8/h8-9,11-14,20-23,31H,4-7,10,15-19H2,1-3H3,(H2,32,33,36);1-2H,(H,5,6)(H,7,8)/b;2-1+. The van der Waals surface area contributed by atoms with Crippen LogP contribution in [-0.4, -0.2) is 62.9 Å². The number of unbranched alkanes of at least 4 members (excludes halogenated alkanes) is 3. The number of hydrogen-bond acceptors (Lipinski definition) is 5. The number of H-pyrrole nitrogens is 1. The minimum absolute atomic E-state index is 0.150. The molecule has 10 heteroatoms. The van der Waals surface area contributed by atoms with Gasteiger partial charge in [0.15, 0.2) is 5.11 Å². The number of aromatic amines is 1. The first-order valence-electron chi connectivity index (χ1n) is 15.5. The van der Waals surface area contributed by atoms with Gasteiger partial charge in [0.05, 0.1) is 11.8 Å². The predicted octanol–water partition coefficient (Wildman–Crippen LogP) is 7.63. The van der Waals surface area contributed by atoms with Crippen molar-refractivity contribution in [2.75, 3.05) is 30.3 Å². The molecule has 1 aromatic heterocycles. The van der Waals surface area contributed by atoms with Crippen LogP contribution in [0.25, 0.3) is 10.9 Å². The number of nitrogens with one attached hydrogen (secondary N) is 3. The van der Waals surface area contributed by atoms with Crippen LogP contribution in [0, 0.1) is 0 Å². The third-order valence-electron chi connectivity index (χ3n) is 7.73. The number of carbonyl (C=O) groups is 2. The number of nitrogens with zero attached hydrogens (tertiary/aromatic N) is 1. The quantitative estimate of drug-likeness (QED) is 0.0743. The van der Waals surface area contributed by atoms with Gasteiger partial charge in [0.1, 0.15) is 5.75 Å². The Hall–Kier alpha value is -3.89. The second-order valence-corrected chi connectivity index (χ2v) is 11.5. The Bertz CT molecular complexity index is 1380. The number of hydrogen-bond donors (Lipinski definition) is 5. The molecule has 1 atom stereocenters. The van der Waals surface area contributed by atoms with E-state index in [1.807, 2.05) is 24.3 Å². The molecule has 1 saturated heterocycles. The highest BCUT2D eigenvalue weighted by atomic mass is 32.1. The van der Waals surface area contributed by atoms with Crippen molar-refractivity contribution in [3.8, 4) is 5.75 Å². The first kappa shape index (κ1) is 34.6. The molecule has 1 aliphatic heterocycles. The number of anilines is 2. The summed E-state index contributed by atoms with van der Waals surface area (Å²) in [5.74, 6) is -1.09. The molecule has 238 valence electrons. The van der Waals surface area contributed by atoms with Crippen molar-refractivity contribution in [2.24, 2.45) is 0 Å². The smallest absolute Gasteiger partial charge is 0.328 e. The van der Waals surface area contributed by atoms with E-state index in [0.717, 1.165) is 23.5 Å². The predicted molar refractivity (Wildman–Crippen MR) is 182 cm³/mol. The number of carboxylic acids is 2. The van der Waals surface area contributed by atoms with E-state index in [-0.39, 0.29) is 6.10 Å². The lowest BCUT2D eigenvalue weighted by Crippen LogP contribution is -2.33. The van der Waals surface area contributed by atoms with Gasteiger partial charge in [-0.2, -0.15) is 0 Å². The van der Waals surface area contributed by atoms with Crippen molar-refractivity contribution in [2.45, 2.75) is 77.7 Å². The summed E-state index contributed by atoms with van der Waals surface area (Å²) < 4.78 is 6.06. The van der Waals surface area contributed by atoms with E-state index in [1.54, 1.807) is 0 Å². The van der Waals surface area contributed by atoms with Crippen molar-refractivity contribution < 1.29 is 24.5 Å². The molecule has 2 heterocycles. The van der Waals surface area contributed by atoms with Crippen LogP contribution in [0.3, 0.4) is 0 Å². The van der Waals surface area contributed by atoms with Gasteiger partial charge >= 0.3 is 11.9 Å². The van der Waals surface area contributed by atoms with Crippen LogP contribution in [0.1, 0.15) is 77.2 Å². The maximum Gasteiger partial charge on any atom is 0.328 e. The molecular weight excluding hydrogens is 576 g/mol. The van der Waals surface area contributed by atoms with E-state index in [2.05, 4.69) is 65.7 Å². The van der Waals surface area contributed by atoms with Crippen LogP contribution in [0.5, 0.6) is 5.75 Å². The van der Waals surface area contributed by atoms with Crippen LogP contribution in [0.2, 0.25) is 0 Å². The van der Waals surface area contributed by atoms with Crippen LogP contribution in [0.15, 0.2) is 60.8 Å². The fourth-order valence-corrected chi connectivity index (χ4v) is 5.42. The zero-order chi connectivity index (χ0) is 31.9. The lowest BCUT2D eigenvalue weighted by Gasteiger charge is -2.32. The summed E-state index contributed by atoms with van der Waals surface area (Å²) in [5, 5.41) is 24.2. The van der Waals surface area contributed by atoms with Gasteiger partial charge < -0.3 is 35.5 Å². The molecule has 0 bridgehead atoms. The number of rotatable bonds is 13. The van der Waals surface area contributed by atoms with Gasteiger partial charge in [0.2, 0.25) is 0 Å². The van der Waals surface area contributed by atoms with Crippen LogP contribution in [0.4, 0.5) is 11.4 Å². The molecule has 0 radical (unpaired) electrons. The largest absolute Gasteiger partial charge is 0.489 e. The highest BCUT2D eigenvalue weighted by molar-refractivity contribution is 7.80. The van der Waals surface area contributed by atoms with Crippen molar-refractivity contribution in [1.82, 2.24) is 9.88 Å². The molecule has 1 fully saturated rings. The SMILES string of the molecule is CCCCCCN1CCC(c2c[nH]c3ccc(NC(=S)Nc4ccccc4OC(C)CC)cc23)CC1.O=C(O)/C=C/C(=O)O. The number of aliphatic carboxylic acids is 2. The number of para-hydroxylation sites is 2. The Labute approximate surface area is 265 Å². The summed E-state index contributed by atoms with van der Waals surface area (Å²) in [4.78, 5) is 25.3. The molecule has 0 aliphatic carbocycles. The maximum atomic E-state index is 9.55. The number of piperidine rings is 1. The van der Waals surface area contributed by atoms with Gasteiger partial charge in [-0.25, -0.2) is 9.59 Å². The van der Waals surface area contributed by atoms with Gasteiger partial charge in [0, 0.05) is 34.9 Å². The Morgan fingerprint density at radius 1 is 1.05 bits per heavy atom. The Kier molecular flexibility index (Phi) is 14.2. The first-order chi connectivity index (χ1) is 21.2. The molecule has 1 unspecified atom stereocenters. The van der Waals surface area contributed by atoms with E-state index in [4.69, 9.17) is 27.2 Å². The van der Waals surface area contributed by atoms with E-state index in [9.17, 15) is 9.59 Å². The van der Waals surface area contributed by atoms with Crippen LogP contribution < -0.4 is 15.4 Å². The average Bonchev–Trinajstić information content (AvgIpc) is 3.43. The lowest BCUT2D eigenvalue weighted by atomic mass is 9.89. The molecular formula is C34H46N4O5S. The zero-order valence-electron chi connectivity index (χ0n) is 26.0. The normalized spacial score (nSPS) is 14.5. The fraction of sp³-hybridized carbons (Fsp3) is 0.441. The summed E-state index contributed by atoms with van der Waals surface area (Å²) in [6.07, 6.45) is 12.3. The number of ether oxygens (including phenoxy) is 1. The third kappa shape index (κ3) is 11.3. The molecule has 0 amide bonds. The van der Waals surface area contributed by atoms with Gasteiger partial charge in [0.25, 0.3) is 0 Å². The minimum Gasteiger partial charge on any atom is -0.489 e. The maximum absolute atomic E-state index is 9.55. The third-order valence-corrected chi connectivity index (χ3v) is 7.94. The average molecular weight is 623 g/mol. The van der Waals surface area contributed by atoms with E-state index in [0.29, 0.717) is 23.2 Å². The molecule has 4 rings (SSSR count). The van der Waals surface area contributed by atoms with Crippen molar-refractivity contribution >= 4 is 51.5 Å². The van der Waals surface area contributed by atoms with Gasteiger partial charge in [-0.3, -0.25) is 0 Å². The first-order valence-corrected chi connectivity index (χ1v) is 15.9. The number of likely N-dealkylation sites (tertiary alicyclic amines) is 1.